The Morgan fingerprint density at radius 1 is 1.17 bits per heavy atom. The number of nitrogens with one attached hydrogen (secondary N) is 1. The van der Waals surface area contributed by atoms with Crippen molar-refractivity contribution in [3.8, 4) is 0 Å². The minimum atomic E-state index is -0.276. The first kappa shape index (κ1) is 15.3. The predicted octanol–water partition coefficient (Wildman–Crippen LogP) is 2.23. The van der Waals surface area contributed by atoms with Gasteiger partial charge in [-0.1, -0.05) is 0 Å². The maximum atomic E-state index is 12.5. The van der Waals surface area contributed by atoms with E-state index in [1.54, 1.807) is 24.5 Å². The molecule has 3 heterocycles. The molecule has 0 unspecified atom stereocenters. The van der Waals surface area contributed by atoms with Crippen LogP contribution in [0.15, 0.2) is 41.3 Å². The second-order valence-corrected chi connectivity index (χ2v) is 5.58. The molecule has 2 aromatic rings. The molecule has 0 bridgehead atoms. The zero-order valence-corrected chi connectivity index (χ0v) is 12.8. The number of carbonyl (C=O) groups excluding carboxylic acids is 2. The molecule has 0 atom stereocenters. The summed E-state index contributed by atoms with van der Waals surface area (Å²) in [4.78, 5) is 30.5. The highest BCUT2D eigenvalue weighted by Gasteiger charge is 2.19. The average Bonchev–Trinajstić information content (AvgIpc) is 3.13. The van der Waals surface area contributed by atoms with Crippen molar-refractivity contribution in [3.05, 3.63) is 53.7 Å². The smallest absolute Gasteiger partial charge is 0.255 e. The van der Waals surface area contributed by atoms with Gasteiger partial charge in [0.1, 0.15) is 5.76 Å². The second kappa shape index (κ2) is 7.09. The van der Waals surface area contributed by atoms with Crippen LogP contribution in [-0.4, -0.2) is 34.8 Å². The van der Waals surface area contributed by atoms with E-state index in [1.165, 1.54) is 12.4 Å². The van der Waals surface area contributed by atoms with Crippen molar-refractivity contribution in [3.63, 3.8) is 0 Å². The largest absolute Gasteiger partial charge is 0.467 e. The van der Waals surface area contributed by atoms with Crippen LogP contribution in [-0.2, 0) is 6.54 Å². The Balaban J connectivity index is 1.66. The number of furan rings is 1. The van der Waals surface area contributed by atoms with E-state index in [0.29, 0.717) is 23.4 Å². The van der Waals surface area contributed by atoms with Crippen LogP contribution in [0.5, 0.6) is 0 Å². The van der Waals surface area contributed by atoms with E-state index in [1.807, 2.05) is 4.90 Å². The summed E-state index contributed by atoms with van der Waals surface area (Å²) in [5, 5.41) is 2.75. The molecule has 0 aliphatic carbocycles. The van der Waals surface area contributed by atoms with Gasteiger partial charge >= 0.3 is 0 Å². The molecule has 0 aromatic carbocycles. The Morgan fingerprint density at radius 2 is 1.96 bits per heavy atom. The molecule has 23 heavy (non-hydrogen) atoms. The molecule has 1 N–H and O–H groups in total. The van der Waals surface area contributed by atoms with Crippen molar-refractivity contribution in [2.24, 2.45) is 0 Å². The molecule has 3 rings (SSSR count). The van der Waals surface area contributed by atoms with Crippen LogP contribution in [0.1, 0.15) is 45.7 Å². The fourth-order valence-corrected chi connectivity index (χ4v) is 2.64. The minimum Gasteiger partial charge on any atom is -0.467 e. The molecule has 2 aromatic heterocycles. The normalized spacial score (nSPS) is 14.5. The van der Waals surface area contributed by atoms with Crippen LogP contribution in [0.25, 0.3) is 0 Å². The molecule has 1 aliphatic rings. The van der Waals surface area contributed by atoms with Crippen LogP contribution in [0.2, 0.25) is 0 Å². The van der Waals surface area contributed by atoms with Crippen LogP contribution in [0, 0.1) is 0 Å². The fourth-order valence-electron chi connectivity index (χ4n) is 2.64. The van der Waals surface area contributed by atoms with Gasteiger partial charge < -0.3 is 14.6 Å². The van der Waals surface area contributed by atoms with Crippen LogP contribution >= 0.6 is 0 Å². The predicted molar refractivity (Wildman–Crippen MR) is 83.9 cm³/mol. The van der Waals surface area contributed by atoms with Crippen LogP contribution in [0.4, 0.5) is 0 Å². The van der Waals surface area contributed by atoms with Gasteiger partial charge in [0, 0.05) is 25.5 Å². The summed E-state index contributed by atoms with van der Waals surface area (Å²) in [6.07, 6.45) is 7.76. The van der Waals surface area contributed by atoms with E-state index < -0.39 is 0 Å². The first-order valence-electron chi connectivity index (χ1n) is 7.79. The number of carbonyl (C=O) groups is 2. The lowest BCUT2D eigenvalue weighted by molar-refractivity contribution is 0.0724. The number of hydrogen-bond donors (Lipinski definition) is 1. The number of nitrogens with zero attached hydrogens (tertiary/aromatic N) is 2. The maximum absolute atomic E-state index is 12.5. The maximum Gasteiger partial charge on any atom is 0.255 e. The standard InChI is InChI=1S/C17H19N3O3/c21-16(19-12-15-5-4-8-23-15)13-9-14(11-18-10-13)17(22)20-6-2-1-3-7-20/h4-5,8-11H,1-3,6-7,12H2,(H,19,21). The number of pyridine rings is 1. The van der Waals surface area contributed by atoms with Crippen molar-refractivity contribution < 1.29 is 14.0 Å². The summed E-state index contributed by atoms with van der Waals surface area (Å²) < 4.78 is 5.17. The number of piperidine rings is 1. The summed E-state index contributed by atoms with van der Waals surface area (Å²) in [5.41, 5.74) is 0.831. The fraction of sp³-hybridized carbons (Fsp3) is 0.353. The third-order valence-corrected chi connectivity index (χ3v) is 3.89. The highest BCUT2D eigenvalue weighted by molar-refractivity contribution is 5.99. The second-order valence-electron chi connectivity index (χ2n) is 5.58. The highest BCUT2D eigenvalue weighted by atomic mass is 16.3. The number of hydrogen-bond acceptors (Lipinski definition) is 4. The number of amides is 2. The van der Waals surface area contributed by atoms with Crippen molar-refractivity contribution in [2.75, 3.05) is 13.1 Å². The zero-order chi connectivity index (χ0) is 16.1. The topological polar surface area (TPSA) is 75.4 Å². The molecule has 6 heteroatoms. The van der Waals surface area contributed by atoms with E-state index in [2.05, 4.69) is 10.3 Å². The Labute approximate surface area is 134 Å². The molecule has 2 amide bonds. The molecule has 1 fully saturated rings. The molecule has 1 aliphatic heterocycles. The van der Waals surface area contributed by atoms with Crippen LogP contribution in [0.3, 0.4) is 0 Å². The molecule has 0 saturated carbocycles. The molecule has 0 spiro atoms. The quantitative estimate of drug-likeness (QED) is 0.939. The van der Waals surface area contributed by atoms with Gasteiger partial charge in [0.25, 0.3) is 11.8 Å². The number of aromatic nitrogens is 1. The van der Waals surface area contributed by atoms with Gasteiger partial charge in [-0.05, 0) is 37.5 Å². The van der Waals surface area contributed by atoms with Crippen molar-refractivity contribution in [2.45, 2.75) is 25.8 Å². The summed E-state index contributed by atoms with van der Waals surface area (Å²) in [5.74, 6) is 0.340. The van der Waals surface area contributed by atoms with Gasteiger partial charge in [0.2, 0.25) is 0 Å². The molecular weight excluding hydrogens is 294 g/mol. The number of likely N-dealkylation sites (tertiary alicyclic amines) is 1. The van der Waals surface area contributed by atoms with E-state index in [-0.39, 0.29) is 11.8 Å². The average molecular weight is 313 g/mol. The lowest BCUT2D eigenvalue weighted by Crippen LogP contribution is -2.35. The van der Waals surface area contributed by atoms with Crippen molar-refractivity contribution >= 4 is 11.8 Å². The van der Waals surface area contributed by atoms with E-state index in [9.17, 15) is 9.59 Å². The third kappa shape index (κ3) is 3.77. The highest BCUT2D eigenvalue weighted by Crippen LogP contribution is 2.13. The summed E-state index contributed by atoms with van der Waals surface area (Å²) in [6.45, 7) is 1.84. The van der Waals surface area contributed by atoms with Gasteiger partial charge in [-0.3, -0.25) is 14.6 Å². The third-order valence-electron chi connectivity index (χ3n) is 3.89. The van der Waals surface area contributed by atoms with Gasteiger partial charge in [-0.15, -0.1) is 0 Å². The van der Waals surface area contributed by atoms with Crippen molar-refractivity contribution in [1.82, 2.24) is 15.2 Å². The Kier molecular flexibility index (Phi) is 4.71. The first-order valence-corrected chi connectivity index (χ1v) is 7.79. The Hall–Kier alpha value is -2.63. The van der Waals surface area contributed by atoms with Gasteiger partial charge in [-0.25, -0.2) is 0 Å². The first-order chi connectivity index (χ1) is 11.2. The molecular formula is C17H19N3O3. The minimum absolute atomic E-state index is 0.0575. The van der Waals surface area contributed by atoms with Crippen molar-refractivity contribution in [1.29, 1.82) is 0 Å². The Bertz CT molecular complexity index is 676. The van der Waals surface area contributed by atoms with Gasteiger partial charge in [-0.2, -0.15) is 0 Å². The van der Waals surface area contributed by atoms with Crippen LogP contribution < -0.4 is 5.32 Å². The van der Waals surface area contributed by atoms with E-state index >= 15 is 0 Å². The summed E-state index contributed by atoms with van der Waals surface area (Å²) in [7, 11) is 0. The van der Waals surface area contributed by atoms with E-state index in [4.69, 9.17) is 4.42 Å². The van der Waals surface area contributed by atoms with E-state index in [0.717, 1.165) is 32.4 Å². The summed E-state index contributed by atoms with van der Waals surface area (Å²) >= 11 is 0. The lowest BCUT2D eigenvalue weighted by atomic mass is 10.1. The SMILES string of the molecule is O=C(NCc1ccco1)c1cncc(C(=O)N2CCCCC2)c1. The molecule has 6 nitrogen and oxygen atoms in total. The lowest BCUT2D eigenvalue weighted by Gasteiger charge is -2.26. The zero-order valence-electron chi connectivity index (χ0n) is 12.8. The monoisotopic (exact) mass is 313 g/mol. The number of rotatable bonds is 4. The Morgan fingerprint density at radius 3 is 2.70 bits per heavy atom. The molecule has 1 saturated heterocycles. The molecule has 120 valence electrons. The molecule has 0 radical (unpaired) electrons. The van der Waals surface area contributed by atoms with Gasteiger partial charge in [0.15, 0.2) is 0 Å². The summed E-state index contributed by atoms with van der Waals surface area (Å²) in [6, 6.07) is 5.15. The van der Waals surface area contributed by atoms with Gasteiger partial charge in [0.05, 0.1) is 23.9 Å².